The molecule has 1 N–H and O–H groups in total. The fourth-order valence-corrected chi connectivity index (χ4v) is 6.32. The first kappa shape index (κ1) is 29.8. The van der Waals surface area contributed by atoms with Crippen molar-refractivity contribution in [3.8, 4) is 11.3 Å². The van der Waals surface area contributed by atoms with Crippen LogP contribution in [-0.2, 0) is 9.53 Å². The fraction of sp³-hybridized carbons (Fsp3) is 0.167. The second-order valence-corrected chi connectivity index (χ2v) is 11.8. The summed E-state index contributed by atoms with van der Waals surface area (Å²) >= 11 is 1.20. The van der Waals surface area contributed by atoms with Crippen LogP contribution in [0.3, 0.4) is 0 Å². The number of carboxylic acids is 1. The Morgan fingerprint density at radius 3 is 2.42 bits per heavy atom. The van der Waals surface area contributed by atoms with Gasteiger partial charge in [-0.1, -0.05) is 91.9 Å². The average Bonchev–Trinajstić information content (AvgIpc) is 3.65. The maximum absolute atomic E-state index is 14.1. The molecule has 45 heavy (non-hydrogen) atoms. The zero-order valence-electron chi connectivity index (χ0n) is 24.9. The first-order chi connectivity index (χ1) is 21.7. The third kappa shape index (κ3) is 5.82. The summed E-state index contributed by atoms with van der Waals surface area (Å²) < 4.78 is 13.5. The average molecular weight is 619 g/mol. The molecule has 8 nitrogen and oxygen atoms in total. The highest BCUT2D eigenvalue weighted by Gasteiger charge is 2.35. The monoisotopic (exact) mass is 618 g/mol. The minimum absolute atomic E-state index is 0.145. The highest BCUT2D eigenvalue weighted by molar-refractivity contribution is 7.07. The number of furan rings is 1. The zero-order chi connectivity index (χ0) is 31.7. The number of rotatable bonds is 8. The molecule has 226 valence electrons. The first-order valence-corrected chi connectivity index (χ1v) is 15.4. The van der Waals surface area contributed by atoms with Gasteiger partial charge >= 0.3 is 11.9 Å². The van der Waals surface area contributed by atoms with Crippen LogP contribution in [0.4, 0.5) is 0 Å². The highest BCUT2D eigenvalue weighted by atomic mass is 32.1. The minimum atomic E-state index is -1.03. The van der Waals surface area contributed by atoms with E-state index in [9.17, 15) is 19.5 Å². The summed E-state index contributed by atoms with van der Waals surface area (Å²) in [6, 6.07) is 26.5. The van der Waals surface area contributed by atoms with E-state index in [1.54, 1.807) is 41.8 Å². The number of thiazole rings is 1. The van der Waals surface area contributed by atoms with Crippen LogP contribution in [0.1, 0.15) is 65.5 Å². The molecule has 1 aliphatic rings. The molecule has 1 aliphatic heterocycles. The number of esters is 1. The SMILES string of the molecule is CCOC(=O)C1=C(c2ccccc2)N=c2s/c(=C\c3ccc(-c4cccc(C(=O)O)c4)o3)c(=O)n2[C@@H]1c1ccc(C(C)C)cc1. The number of fused-ring (bicyclic) bond motifs is 1. The van der Waals surface area contributed by atoms with Crippen LogP contribution >= 0.6 is 11.3 Å². The standard InChI is InChI=1S/C36H30N2O6S/c1-4-43-35(42)30-31(23-9-6-5-7-10-23)37-36-38(32(30)24-15-13-22(14-16-24)21(2)3)33(39)29(45-36)20-27-17-18-28(44-27)25-11-8-12-26(19-25)34(40)41/h5-21,32H,4H2,1-3H3,(H,40,41)/b29-20-/t32-/m1/s1. The lowest BCUT2D eigenvalue weighted by molar-refractivity contribution is -0.138. The van der Waals surface area contributed by atoms with Gasteiger partial charge in [0, 0.05) is 17.2 Å². The Balaban J connectivity index is 1.54. The maximum atomic E-state index is 14.1. The van der Waals surface area contributed by atoms with Gasteiger partial charge in [-0.25, -0.2) is 14.6 Å². The van der Waals surface area contributed by atoms with E-state index >= 15 is 0 Å². The van der Waals surface area contributed by atoms with Gasteiger partial charge in [-0.3, -0.25) is 9.36 Å². The molecular formula is C36H30N2O6S. The number of aromatic nitrogens is 1. The summed E-state index contributed by atoms with van der Waals surface area (Å²) in [5, 5.41) is 9.37. The predicted molar refractivity (Wildman–Crippen MR) is 173 cm³/mol. The first-order valence-electron chi connectivity index (χ1n) is 14.6. The normalized spacial score (nSPS) is 14.8. The molecule has 0 unspecified atom stereocenters. The van der Waals surface area contributed by atoms with E-state index in [4.69, 9.17) is 14.1 Å². The van der Waals surface area contributed by atoms with E-state index < -0.39 is 18.0 Å². The molecule has 6 rings (SSSR count). The number of hydrogen-bond acceptors (Lipinski definition) is 7. The molecule has 0 bridgehead atoms. The highest BCUT2D eigenvalue weighted by Crippen LogP contribution is 2.35. The molecule has 0 saturated carbocycles. The molecule has 0 spiro atoms. The van der Waals surface area contributed by atoms with Gasteiger partial charge in [0.1, 0.15) is 11.5 Å². The Labute approximate surface area is 262 Å². The molecular weight excluding hydrogens is 588 g/mol. The van der Waals surface area contributed by atoms with Gasteiger partial charge in [-0.15, -0.1) is 0 Å². The lowest BCUT2D eigenvalue weighted by Crippen LogP contribution is -2.40. The van der Waals surface area contributed by atoms with Crippen LogP contribution in [-0.4, -0.2) is 28.2 Å². The van der Waals surface area contributed by atoms with Crippen LogP contribution < -0.4 is 14.9 Å². The van der Waals surface area contributed by atoms with Gasteiger partial charge < -0.3 is 14.3 Å². The molecule has 9 heteroatoms. The lowest BCUT2D eigenvalue weighted by Gasteiger charge is -2.26. The van der Waals surface area contributed by atoms with Crippen molar-refractivity contribution in [2.45, 2.75) is 32.7 Å². The summed E-state index contributed by atoms with van der Waals surface area (Å²) in [5.41, 5.74) is 3.81. The Bertz CT molecular complexity index is 2120. The number of carboxylic acid groups (broad SMARTS) is 1. The van der Waals surface area contributed by atoms with Gasteiger partial charge in [0.15, 0.2) is 4.80 Å². The summed E-state index contributed by atoms with van der Waals surface area (Å²) in [5.74, 6) is -0.370. The van der Waals surface area contributed by atoms with Crippen molar-refractivity contribution in [1.82, 2.24) is 4.57 Å². The van der Waals surface area contributed by atoms with Gasteiger partial charge in [-0.2, -0.15) is 0 Å². The van der Waals surface area contributed by atoms with Crippen molar-refractivity contribution in [2.75, 3.05) is 6.61 Å². The smallest absolute Gasteiger partial charge is 0.338 e. The maximum Gasteiger partial charge on any atom is 0.338 e. The van der Waals surface area contributed by atoms with Crippen molar-refractivity contribution in [3.05, 3.63) is 144 Å². The largest absolute Gasteiger partial charge is 0.478 e. The molecule has 5 aromatic rings. The minimum Gasteiger partial charge on any atom is -0.478 e. The Hall–Kier alpha value is -5.28. The second-order valence-electron chi connectivity index (χ2n) is 10.8. The zero-order valence-corrected chi connectivity index (χ0v) is 25.7. The number of carbonyl (C=O) groups is 2. The summed E-state index contributed by atoms with van der Waals surface area (Å²) in [6.45, 7) is 6.14. The summed E-state index contributed by atoms with van der Waals surface area (Å²) in [7, 11) is 0. The number of aromatic carboxylic acids is 1. The number of ether oxygens (including phenoxy) is 1. The van der Waals surface area contributed by atoms with E-state index in [0.717, 1.165) is 16.7 Å². The third-order valence-electron chi connectivity index (χ3n) is 7.59. The molecule has 2 aromatic heterocycles. The van der Waals surface area contributed by atoms with Crippen LogP contribution in [0, 0.1) is 0 Å². The van der Waals surface area contributed by atoms with Gasteiger partial charge in [0.05, 0.1) is 34.0 Å². The van der Waals surface area contributed by atoms with Crippen LogP contribution in [0.25, 0.3) is 23.1 Å². The number of nitrogens with zero attached hydrogens (tertiary/aromatic N) is 2. The van der Waals surface area contributed by atoms with Gasteiger partial charge in [0.2, 0.25) is 0 Å². The molecule has 3 heterocycles. The van der Waals surface area contributed by atoms with E-state index in [1.165, 1.54) is 23.5 Å². The molecule has 0 aliphatic carbocycles. The van der Waals surface area contributed by atoms with E-state index in [1.807, 2.05) is 54.6 Å². The van der Waals surface area contributed by atoms with Crippen LogP contribution in [0.15, 0.2) is 111 Å². The number of benzene rings is 3. The fourth-order valence-electron chi connectivity index (χ4n) is 5.34. The van der Waals surface area contributed by atoms with Gasteiger partial charge in [-0.05, 0) is 48.2 Å². The van der Waals surface area contributed by atoms with Crippen molar-refractivity contribution >= 4 is 35.0 Å². The predicted octanol–water partition coefficient (Wildman–Crippen LogP) is 6.02. The van der Waals surface area contributed by atoms with Crippen molar-refractivity contribution < 1.29 is 23.8 Å². The van der Waals surface area contributed by atoms with Crippen molar-refractivity contribution in [1.29, 1.82) is 0 Å². The quantitative estimate of drug-likeness (QED) is 0.213. The topological polar surface area (TPSA) is 111 Å². The Kier molecular flexibility index (Phi) is 8.19. The molecule has 0 radical (unpaired) electrons. The Morgan fingerprint density at radius 2 is 1.73 bits per heavy atom. The number of hydrogen-bond donors (Lipinski definition) is 1. The Morgan fingerprint density at radius 1 is 1.00 bits per heavy atom. The molecule has 3 aromatic carbocycles. The van der Waals surface area contributed by atoms with E-state index in [2.05, 4.69) is 13.8 Å². The third-order valence-corrected chi connectivity index (χ3v) is 8.57. The lowest BCUT2D eigenvalue weighted by atomic mass is 9.91. The number of carbonyl (C=O) groups excluding carboxylic acids is 1. The van der Waals surface area contributed by atoms with E-state index in [0.29, 0.717) is 38.0 Å². The molecule has 0 fully saturated rings. The van der Waals surface area contributed by atoms with Crippen LogP contribution in [0.2, 0.25) is 0 Å². The van der Waals surface area contributed by atoms with Gasteiger partial charge in [0.25, 0.3) is 5.56 Å². The van der Waals surface area contributed by atoms with Crippen molar-refractivity contribution in [3.63, 3.8) is 0 Å². The molecule has 0 saturated heterocycles. The molecule has 1 atom stereocenters. The van der Waals surface area contributed by atoms with Crippen molar-refractivity contribution in [2.24, 2.45) is 4.99 Å². The molecule has 0 amide bonds. The summed E-state index contributed by atoms with van der Waals surface area (Å²) in [6.07, 6.45) is 1.64. The second kappa shape index (κ2) is 12.4. The van der Waals surface area contributed by atoms with Crippen LogP contribution in [0.5, 0.6) is 0 Å². The van der Waals surface area contributed by atoms with E-state index in [-0.39, 0.29) is 23.3 Å². The summed E-state index contributed by atoms with van der Waals surface area (Å²) in [4.78, 5) is 44.6.